The molecule has 27 heavy (non-hydrogen) atoms. The molecule has 0 bridgehead atoms. The predicted octanol–water partition coefficient (Wildman–Crippen LogP) is 6.68. The number of allylic oxidation sites excluding steroid dienone is 1. The highest BCUT2D eigenvalue weighted by Crippen LogP contribution is 2.26. The van der Waals surface area contributed by atoms with Gasteiger partial charge in [0.15, 0.2) is 5.78 Å². The minimum atomic E-state index is -0.118. The minimum Gasteiger partial charge on any atom is -0.486 e. The molecule has 0 saturated carbocycles. The fourth-order valence-electron chi connectivity index (χ4n) is 2.57. The first-order valence-electron chi connectivity index (χ1n) is 8.38. The maximum atomic E-state index is 12.1. The Morgan fingerprint density at radius 2 is 1.70 bits per heavy atom. The van der Waals surface area contributed by atoms with Crippen molar-refractivity contribution in [3.05, 3.63) is 92.9 Å². The number of ketones is 1. The molecule has 5 heteroatoms. The van der Waals surface area contributed by atoms with Crippen molar-refractivity contribution >= 4 is 35.1 Å². The topological polar surface area (TPSA) is 39.4 Å². The summed E-state index contributed by atoms with van der Waals surface area (Å²) in [7, 11) is 0. The van der Waals surface area contributed by atoms with Crippen molar-refractivity contribution < 1.29 is 13.9 Å². The van der Waals surface area contributed by atoms with Gasteiger partial charge in [-0.3, -0.25) is 4.79 Å². The highest BCUT2D eigenvalue weighted by atomic mass is 35.5. The van der Waals surface area contributed by atoms with Gasteiger partial charge in [0.1, 0.15) is 23.9 Å². The van der Waals surface area contributed by atoms with E-state index in [4.69, 9.17) is 32.4 Å². The van der Waals surface area contributed by atoms with E-state index in [1.54, 1.807) is 36.4 Å². The second-order valence-corrected chi connectivity index (χ2v) is 6.98. The average Bonchev–Trinajstić information content (AvgIpc) is 3.11. The van der Waals surface area contributed by atoms with Crippen molar-refractivity contribution in [2.75, 3.05) is 0 Å². The second kappa shape index (κ2) is 8.47. The third kappa shape index (κ3) is 5.03. The van der Waals surface area contributed by atoms with Crippen LogP contribution in [0.1, 0.15) is 33.0 Å². The summed E-state index contributed by atoms with van der Waals surface area (Å²) in [6.07, 6.45) is 3.11. The van der Waals surface area contributed by atoms with Crippen LogP contribution in [0.2, 0.25) is 10.0 Å². The smallest absolute Gasteiger partial charge is 0.185 e. The van der Waals surface area contributed by atoms with Crippen LogP contribution in [0.15, 0.2) is 59.0 Å². The predicted molar refractivity (Wildman–Crippen MR) is 109 cm³/mol. The molecule has 138 valence electrons. The van der Waals surface area contributed by atoms with Crippen molar-refractivity contribution in [2.45, 2.75) is 20.5 Å². The lowest BCUT2D eigenvalue weighted by Gasteiger charge is -2.08. The van der Waals surface area contributed by atoms with Gasteiger partial charge in [0.2, 0.25) is 0 Å². The first kappa shape index (κ1) is 19.3. The van der Waals surface area contributed by atoms with Crippen LogP contribution in [0.25, 0.3) is 6.08 Å². The Hall–Kier alpha value is -2.49. The number of ether oxygens (including phenoxy) is 1. The molecule has 1 aromatic heterocycles. The van der Waals surface area contributed by atoms with Gasteiger partial charge in [0, 0.05) is 15.6 Å². The number of furan rings is 1. The van der Waals surface area contributed by atoms with Crippen LogP contribution in [0, 0.1) is 13.8 Å². The summed E-state index contributed by atoms with van der Waals surface area (Å²) in [4.78, 5) is 12.1. The molecular weight excluding hydrogens is 383 g/mol. The van der Waals surface area contributed by atoms with Gasteiger partial charge >= 0.3 is 0 Å². The van der Waals surface area contributed by atoms with E-state index in [0.29, 0.717) is 28.7 Å². The van der Waals surface area contributed by atoms with Gasteiger partial charge in [-0.2, -0.15) is 0 Å². The van der Waals surface area contributed by atoms with E-state index in [-0.39, 0.29) is 5.78 Å². The van der Waals surface area contributed by atoms with E-state index in [2.05, 4.69) is 0 Å². The van der Waals surface area contributed by atoms with Crippen LogP contribution >= 0.6 is 23.2 Å². The molecule has 0 aliphatic heterocycles. The number of carbonyl (C=O) groups excluding carboxylic acids is 1. The van der Waals surface area contributed by atoms with Gasteiger partial charge in [-0.25, -0.2) is 0 Å². The van der Waals surface area contributed by atoms with E-state index in [9.17, 15) is 4.79 Å². The molecule has 0 amide bonds. The van der Waals surface area contributed by atoms with Gasteiger partial charge < -0.3 is 9.15 Å². The zero-order chi connectivity index (χ0) is 19.4. The number of benzene rings is 2. The monoisotopic (exact) mass is 400 g/mol. The van der Waals surface area contributed by atoms with E-state index in [0.717, 1.165) is 21.9 Å². The third-order valence-electron chi connectivity index (χ3n) is 4.00. The molecule has 0 aliphatic carbocycles. The molecule has 3 aromatic rings. The SMILES string of the molecule is Cc1cc(OCc2ccc(/C=C/C(=O)c3ccc(Cl)cc3)o2)cc(C)c1Cl. The zero-order valence-corrected chi connectivity index (χ0v) is 16.5. The number of hydrogen-bond donors (Lipinski definition) is 0. The Bertz CT molecular complexity index is 962. The summed E-state index contributed by atoms with van der Waals surface area (Å²) in [5.74, 6) is 1.87. The highest BCUT2D eigenvalue weighted by Gasteiger charge is 2.06. The molecule has 0 saturated heterocycles. The maximum absolute atomic E-state index is 12.1. The van der Waals surface area contributed by atoms with Crippen LogP contribution in [-0.2, 0) is 6.61 Å². The van der Waals surface area contributed by atoms with Crippen molar-refractivity contribution in [3.63, 3.8) is 0 Å². The van der Waals surface area contributed by atoms with Crippen molar-refractivity contribution in [3.8, 4) is 5.75 Å². The normalized spacial score (nSPS) is 11.1. The largest absolute Gasteiger partial charge is 0.486 e. The summed E-state index contributed by atoms with van der Waals surface area (Å²) in [5.41, 5.74) is 2.50. The lowest BCUT2D eigenvalue weighted by Crippen LogP contribution is -1.95. The molecule has 2 aromatic carbocycles. The lowest BCUT2D eigenvalue weighted by atomic mass is 10.1. The highest BCUT2D eigenvalue weighted by molar-refractivity contribution is 6.32. The number of halogens is 2. The van der Waals surface area contributed by atoms with Gasteiger partial charge in [-0.1, -0.05) is 23.2 Å². The zero-order valence-electron chi connectivity index (χ0n) is 15.0. The van der Waals surface area contributed by atoms with Crippen molar-refractivity contribution in [1.29, 1.82) is 0 Å². The van der Waals surface area contributed by atoms with Crippen LogP contribution in [0.3, 0.4) is 0 Å². The van der Waals surface area contributed by atoms with Crippen LogP contribution in [0.5, 0.6) is 5.75 Å². The van der Waals surface area contributed by atoms with Crippen molar-refractivity contribution in [2.24, 2.45) is 0 Å². The Morgan fingerprint density at radius 3 is 2.37 bits per heavy atom. The van der Waals surface area contributed by atoms with Crippen molar-refractivity contribution in [1.82, 2.24) is 0 Å². The lowest BCUT2D eigenvalue weighted by molar-refractivity contribution is 0.104. The van der Waals surface area contributed by atoms with E-state index < -0.39 is 0 Å². The summed E-state index contributed by atoms with van der Waals surface area (Å²) >= 11 is 12.0. The van der Waals surface area contributed by atoms with Crippen LogP contribution in [0.4, 0.5) is 0 Å². The molecule has 0 radical (unpaired) electrons. The maximum Gasteiger partial charge on any atom is 0.185 e. The molecular formula is C22H18Cl2O3. The molecule has 0 fully saturated rings. The molecule has 0 unspecified atom stereocenters. The summed E-state index contributed by atoms with van der Waals surface area (Å²) < 4.78 is 11.5. The molecule has 3 rings (SSSR count). The van der Waals surface area contributed by atoms with Gasteiger partial charge in [-0.05, 0) is 85.7 Å². The van der Waals surface area contributed by atoms with E-state index in [1.165, 1.54) is 6.08 Å². The van der Waals surface area contributed by atoms with E-state index >= 15 is 0 Å². The molecule has 0 atom stereocenters. The van der Waals surface area contributed by atoms with E-state index in [1.807, 2.05) is 32.0 Å². The molecule has 0 N–H and O–H groups in total. The molecule has 1 heterocycles. The second-order valence-electron chi connectivity index (χ2n) is 6.17. The molecule has 0 spiro atoms. The van der Waals surface area contributed by atoms with Crippen LogP contribution in [-0.4, -0.2) is 5.78 Å². The van der Waals surface area contributed by atoms with Gasteiger partial charge in [-0.15, -0.1) is 0 Å². The Kier molecular flexibility index (Phi) is 6.04. The number of hydrogen-bond acceptors (Lipinski definition) is 3. The summed E-state index contributed by atoms with van der Waals surface area (Å²) in [6, 6.07) is 14.1. The summed E-state index contributed by atoms with van der Waals surface area (Å²) in [5, 5.41) is 1.34. The van der Waals surface area contributed by atoms with Gasteiger partial charge in [0.05, 0.1) is 0 Å². The molecule has 3 nitrogen and oxygen atoms in total. The number of aryl methyl sites for hydroxylation is 2. The number of carbonyl (C=O) groups is 1. The third-order valence-corrected chi connectivity index (χ3v) is 4.85. The first-order chi connectivity index (χ1) is 12.9. The Balaban J connectivity index is 1.61. The van der Waals surface area contributed by atoms with Crippen LogP contribution < -0.4 is 4.74 Å². The fraction of sp³-hybridized carbons (Fsp3) is 0.136. The average molecular weight is 401 g/mol. The Labute approximate surface area is 168 Å². The first-order valence-corrected chi connectivity index (χ1v) is 9.14. The fourth-order valence-corrected chi connectivity index (χ4v) is 2.81. The quantitative estimate of drug-likeness (QED) is 0.342. The number of rotatable bonds is 6. The van der Waals surface area contributed by atoms with Gasteiger partial charge in [0.25, 0.3) is 0 Å². The molecule has 0 aliphatic rings. The Morgan fingerprint density at radius 1 is 1.04 bits per heavy atom. The minimum absolute atomic E-state index is 0.118. The summed E-state index contributed by atoms with van der Waals surface area (Å²) in [6.45, 7) is 4.17. The standard InChI is InChI=1S/C22H18Cl2O3/c1-14-11-20(12-15(2)22(14)24)26-13-19-8-7-18(27-19)9-10-21(25)16-3-5-17(23)6-4-16/h3-12H,13H2,1-2H3/b10-9+.